The first kappa shape index (κ1) is 82.8. The van der Waals surface area contributed by atoms with Gasteiger partial charge in [-0.3, -0.25) is 38.8 Å². The summed E-state index contributed by atoms with van der Waals surface area (Å²) in [6, 6.07) is 54.4. The molecule has 9 aromatic carbocycles. The molecule has 5 amide bonds. The number of nitrogen functional groups attached to an aromatic ring is 4. The number of methoxy groups -OCH3 is 1. The molecule has 16 rings (SSSR count). The summed E-state index contributed by atoms with van der Waals surface area (Å²) in [5.41, 5.74) is 33.1. The predicted octanol–water partition coefficient (Wildman–Crippen LogP) is 13.7. The van der Waals surface area contributed by atoms with Crippen molar-refractivity contribution in [2.45, 2.75) is 39.0 Å². The van der Waals surface area contributed by atoms with Gasteiger partial charge in [-0.05, 0) is 159 Å². The van der Waals surface area contributed by atoms with Crippen LogP contribution in [0.1, 0.15) is 83.0 Å². The summed E-state index contributed by atoms with van der Waals surface area (Å²) in [7, 11) is 3.03. The van der Waals surface area contributed by atoms with Crippen LogP contribution < -0.4 is 54.3 Å². The number of anilines is 4. The van der Waals surface area contributed by atoms with E-state index < -0.39 is 11.8 Å². The maximum atomic E-state index is 13.6. The number of nitrogens with zero attached hydrogens (tertiary/aromatic N) is 9. The van der Waals surface area contributed by atoms with Crippen molar-refractivity contribution >= 4 is 95.9 Å². The second kappa shape index (κ2) is 37.6. The van der Waals surface area contributed by atoms with Crippen LogP contribution in [0, 0.1) is 23.3 Å². The largest absolute Gasteiger partial charge is 0.496 e. The Labute approximate surface area is 684 Å². The minimum atomic E-state index is -0.520. The van der Waals surface area contributed by atoms with E-state index in [1.807, 2.05) is 91.0 Å². The van der Waals surface area contributed by atoms with Gasteiger partial charge in [0.25, 0.3) is 23.6 Å². The number of halogens is 4. The second-order valence-electron chi connectivity index (χ2n) is 28.1. The lowest BCUT2D eigenvalue weighted by Crippen LogP contribution is -2.55. The molecule has 0 radical (unpaired) electrons. The highest BCUT2D eigenvalue weighted by atomic mass is 19.1. The second-order valence-corrected chi connectivity index (χ2v) is 28.1. The van der Waals surface area contributed by atoms with Gasteiger partial charge in [0.05, 0.1) is 67.6 Å². The number of aromatic nitrogens is 8. The molecule has 606 valence electrons. The van der Waals surface area contributed by atoms with Gasteiger partial charge in [-0.25, -0.2) is 37.5 Å². The highest BCUT2D eigenvalue weighted by molar-refractivity contribution is 6.13. The van der Waals surface area contributed by atoms with E-state index in [4.69, 9.17) is 36.9 Å². The summed E-state index contributed by atoms with van der Waals surface area (Å²) in [6.07, 6.45) is 10.5. The molecule has 0 spiro atoms. The number of carbonyl (C=O) groups is 5. The maximum Gasteiger partial charge on any atom is 0.315 e. The number of ether oxygens (including phenoxy) is 2. The summed E-state index contributed by atoms with van der Waals surface area (Å²) in [5, 5.41) is 22.6. The van der Waals surface area contributed by atoms with Gasteiger partial charge in [0, 0.05) is 103 Å². The van der Waals surface area contributed by atoms with Crippen molar-refractivity contribution < 1.29 is 55.5 Å². The summed E-state index contributed by atoms with van der Waals surface area (Å²) in [6.45, 7) is 8.35. The van der Waals surface area contributed by atoms with E-state index in [2.05, 4.69) is 85.4 Å². The van der Waals surface area contributed by atoms with Gasteiger partial charge in [0.1, 0.15) is 52.3 Å². The van der Waals surface area contributed by atoms with Crippen molar-refractivity contribution in [2.24, 2.45) is 0 Å². The fourth-order valence-electron chi connectivity index (χ4n) is 13.4. The number of morpholine rings is 1. The molecular weight excluding hydrogens is 1540 g/mol. The lowest BCUT2D eigenvalue weighted by Gasteiger charge is -2.40. The van der Waals surface area contributed by atoms with Gasteiger partial charge in [-0.1, -0.05) is 120 Å². The number of rotatable bonds is 19. The van der Waals surface area contributed by atoms with Crippen LogP contribution in [-0.2, 0) is 24.4 Å². The van der Waals surface area contributed by atoms with Gasteiger partial charge in [-0.2, -0.15) is 4.98 Å². The molecule has 0 aliphatic carbocycles. The molecular formula is C90H80F4N18O8. The summed E-state index contributed by atoms with van der Waals surface area (Å²) in [4.78, 5) is 93.7. The van der Waals surface area contributed by atoms with E-state index >= 15 is 0 Å². The predicted molar refractivity (Wildman–Crippen MR) is 451 cm³/mol. The van der Waals surface area contributed by atoms with E-state index in [9.17, 15) is 41.5 Å². The van der Waals surface area contributed by atoms with Gasteiger partial charge >= 0.3 is 11.8 Å². The van der Waals surface area contributed by atoms with Crippen LogP contribution in [0.15, 0.2) is 242 Å². The van der Waals surface area contributed by atoms with Crippen molar-refractivity contribution in [3.63, 3.8) is 0 Å². The highest BCUT2D eigenvalue weighted by Gasteiger charge is 2.30. The molecule has 7 heterocycles. The van der Waals surface area contributed by atoms with E-state index in [0.29, 0.717) is 126 Å². The molecule has 15 aromatic rings. The number of hydrogen-bond acceptors (Lipinski definition) is 21. The average Bonchev–Trinajstić information content (AvgIpc) is 1.04. The van der Waals surface area contributed by atoms with Crippen molar-refractivity contribution in [3.05, 3.63) is 306 Å². The third-order valence-electron chi connectivity index (χ3n) is 19.8. The summed E-state index contributed by atoms with van der Waals surface area (Å²) >= 11 is 0. The average molecular weight is 1620 g/mol. The summed E-state index contributed by atoms with van der Waals surface area (Å²) in [5.74, 6) is -1.14. The number of amides is 5. The van der Waals surface area contributed by atoms with Crippen LogP contribution in [0.2, 0.25) is 0 Å². The zero-order valence-electron chi connectivity index (χ0n) is 65.3. The van der Waals surface area contributed by atoms with Crippen LogP contribution >= 0.6 is 0 Å². The Morgan fingerprint density at radius 1 is 0.433 bits per heavy atom. The molecule has 13 N–H and O–H groups in total. The van der Waals surface area contributed by atoms with Gasteiger partial charge in [0.2, 0.25) is 0 Å². The van der Waals surface area contributed by atoms with Crippen molar-refractivity contribution in [3.8, 4) is 50.3 Å². The lowest BCUT2D eigenvalue weighted by atomic mass is 9.98. The first-order chi connectivity index (χ1) is 58.0. The van der Waals surface area contributed by atoms with E-state index in [1.54, 1.807) is 80.3 Å². The molecule has 26 nitrogen and oxygen atoms in total. The molecule has 0 saturated carbocycles. The Hall–Kier alpha value is -15.2. The smallest absolute Gasteiger partial charge is 0.315 e. The lowest BCUT2D eigenvalue weighted by molar-refractivity contribution is -0.00923. The van der Waals surface area contributed by atoms with Gasteiger partial charge in [-0.15, -0.1) is 0 Å². The van der Waals surface area contributed by atoms with Crippen LogP contribution in [0.3, 0.4) is 0 Å². The van der Waals surface area contributed by atoms with Crippen molar-refractivity contribution in [2.75, 3.05) is 69.9 Å². The first-order valence-electron chi connectivity index (χ1n) is 37.6. The Kier molecular flexibility index (Phi) is 26.0. The van der Waals surface area contributed by atoms with Crippen LogP contribution in [0.25, 0.3) is 87.6 Å². The minimum Gasteiger partial charge on any atom is -0.496 e. The molecule has 1 aliphatic rings. The zero-order chi connectivity index (χ0) is 84.6. The number of fused-ring (bicyclic) bond motifs is 4. The number of nitrogens with two attached hydrogens (primary N) is 4. The third kappa shape index (κ3) is 19.8. The van der Waals surface area contributed by atoms with E-state index in [1.165, 1.54) is 80.4 Å². The monoisotopic (exact) mass is 1620 g/mol. The summed E-state index contributed by atoms with van der Waals surface area (Å²) < 4.78 is 69.9. The standard InChI is InChI=1S/C24H27FN4O2.C24H20FN3O2.C21H17FN6O3.C21H16FN5O/c1-24(2,29-8-10-31-11-9-29)15-28-23(30)21-14-27-22(26)20-13-17(6-7-19(20)21)16-4-3-5-18(25)12-16;1-30-22-8-3-2-5-17(22)13-28-24(29)21-14-27-23(26)20-12-16(9-10-19(20)21)15-6-4-7-18(25)11-15;1-24-20(30)21-27-17(28-31-21)10-26-19(29)16-9-25-18(23)15-8-12(5-6-14(15)16)11-3-2-4-13(22)7-11;22-15-3-1-2-13(8-15)14-4-5-17-18(9-14)20(23)26-12-19(17)21(28)27-11-16-10-24-6-7-25-16/h3-7,12-14H,8-11,15H2,1-2H3,(H2,26,27)(H,28,30);2-12,14H,13H2,1H3,(H2,26,27)(H,28,29);2-9H,10H2,1H3,(H2,23,25)(H,24,30)(H,26,29);1-10,12H,11H2,(H2,23,26)(H,27,28). The van der Waals surface area contributed by atoms with Crippen molar-refractivity contribution in [1.82, 2.24) is 71.5 Å². The Morgan fingerprint density at radius 2 is 0.817 bits per heavy atom. The number of carbonyl (C=O) groups excluding carboxylic acids is 5. The Bertz CT molecular complexity index is 6330. The van der Waals surface area contributed by atoms with Gasteiger partial charge < -0.3 is 63.5 Å². The SMILES string of the molecule is CC(C)(CNC(=O)c1cnc(N)c2cc(-c3cccc(F)c3)ccc12)N1CCOCC1.CNC(=O)c1nc(CNC(=O)c2cnc(N)c3cc(-c4cccc(F)c4)ccc23)no1.COc1ccccc1CNC(=O)c1cnc(N)c2cc(-c3cccc(F)c3)ccc12.Nc1ncc(C(=O)NCc2cnccn2)c2ccc(-c3cccc(F)c3)cc12. The van der Waals surface area contributed by atoms with Crippen LogP contribution in [0.4, 0.5) is 40.8 Å². The van der Waals surface area contributed by atoms with Gasteiger partial charge in [0.15, 0.2) is 5.82 Å². The number of pyridine rings is 4. The van der Waals surface area contributed by atoms with Crippen LogP contribution in [0.5, 0.6) is 5.75 Å². The molecule has 6 aromatic heterocycles. The highest BCUT2D eigenvalue weighted by Crippen LogP contribution is 2.35. The van der Waals surface area contributed by atoms with E-state index in [0.717, 1.165) is 57.6 Å². The molecule has 120 heavy (non-hydrogen) atoms. The molecule has 1 aliphatic heterocycles. The molecule has 30 heteroatoms. The molecule has 0 bridgehead atoms. The maximum absolute atomic E-state index is 13.6. The molecule has 0 unspecified atom stereocenters. The molecule has 1 fully saturated rings. The Balaban J connectivity index is 0.000000138. The van der Waals surface area contributed by atoms with Crippen molar-refractivity contribution in [1.29, 1.82) is 0 Å². The number of para-hydroxylation sites is 1. The fraction of sp³-hybridized carbons (Fsp3) is 0.144. The van der Waals surface area contributed by atoms with Crippen LogP contribution in [-0.4, -0.2) is 127 Å². The fourth-order valence-corrected chi connectivity index (χ4v) is 13.4. The first-order valence-corrected chi connectivity index (χ1v) is 37.6. The zero-order valence-corrected chi connectivity index (χ0v) is 65.3. The normalized spacial score (nSPS) is 11.9. The molecule has 1 saturated heterocycles. The quantitative estimate of drug-likeness (QED) is 0.0340. The number of benzene rings is 9. The molecule has 0 atom stereocenters. The Morgan fingerprint density at radius 3 is 1.20 bits per heavy atom. The third-order valence-corrected chi connectivity index (χ3v) is 19.8. The topological polar surface area (TPSA) is 388 Å². The number of nitrogens with one attached hydrogen (secondary N) is 5. The minimum absolute atomic E-state index is 0.0490. The number of hydrogen-bond donors (Lipinski definition) is 9. The van der Waals surface area contributed by atoms with E-state index in [-0.39, 0.29) is 77.2 Å².